The number of rotatable bonds is 7. The van der Waals surface area contributed by atoms with Crippen LogP contribution in [0.4, 0.5) is 0 Å². The lowest BCUT2D eigenvalue weighted by molar-refractivity contribution is 0.378. The molecule has 28 heteroatoms. The molecule has 3 N–H and O–H groups in total. The van der Waals surface area contributed by atoms with Gasteiger partial charge in [-0.2, -0.15) is 54.8 Å². The number of nitrogens with zero attached hydrogens (tertiary/aromatic N) is 12. The number of halogens is 6. The maximum atomic E-state index is 10.2. The smallest absolute Gasteiger partial charge is 0.488 e. The van der Waals surface area contributed by atoms with Crippen LogP contribution < -0.4 is 14.9 Å². The molecule has 112 heavy (non-hydrogen) atoms. The van der Waals surface area contributed by atoms with E-state index in [1.807, 2.05) is 127 Å². The Kier molecular flexibility index (Phi) is 19.7. The van der Waals surface area contributed by atoms with Gasteiger partial charge in [-0.3, -0.25) is 0 Å². The third-order valence-corrected chi connectivity index (χ3v) is 19.3. The summed E-state index contributed by atoms with van der Waals surface area (Å²) in [6, 6.07) is 79.6. The normalized spacial score (nSPS) is 11.3. The molecule has 8 aromatic heterocycles. The summed E-state index contributed by atoms with van der Waals surface area (Å²) in [5.74, 6) is 1.71. The molecule has 0 fully saturated rings. The van der Waals surface area contributed by atoms with E-state index in [1.165, 1.54) is 30.4 Å². The number of furan rings is 4. The standard InChI is InChI=1S/C26H17N3O3.C20H12ClN3O2.C19H9Cl2N3O.C16H11BO3.C3Cl3N3/c1-31-26-28-24(27-25(29-26)19-8-4-5-9-21(19)30)17-10-11-18-20-12-15-6-2-3-7-16(15)13-23(20)32-22(18)14-17;1-25-20-23-18(22-19(21)24-20)13-6-7-14-15-8-11-4-2-3-5-12(11)9-17(15)26-16(14)10-13;20-18-22-17(23-19(21)24-18)12-5-6-13-14-7-10-3-1-2-4-11(10)8-16(14)25-15(13)9-12;18-17(19)12-5-6-13-14-7-10-3-1-2-4-11(10)8-15(14)20-16(13)9-12;4-1-7-2(5)9-3(6)8-1/h2-14,30H,1H3;2-10H,1H3;1-9H;1-9,18-19H;. The first-order valence-corrected chi connectivity index (χ1v) is 36.4. The van der Waals surface area contributed by atoms with Gasteiger partial charge in [0.1, 0.15) is 50.4 Å². The molecule has 21 nitrogen and oxygen atoms in total. The van der Waals surface area contributed by atoms with E-state index < -0.39 is 7.12 Å². The highest BCUT2D eigenvalue weighted by atomic mass is 35.5. The quantitative estimate of drug-likeness (QED) is 0.125. The molecule has 0 bridgehead atoms. The summed E-state index contributed by atoms with van der Waals surface area (Å²) >= 11 is 33.7. The van der Waals surface area contributed by atoms with E-state index in [4.69, 9.17) is 96.7 Å². The van der Waals surface area contributed by atoms with Gasteiger partial charge in [-0.05, 0) is 221 Å². The van der Waals surface area contributed by atoms with Crippen LogP contribution in [0.2, 0.25) is 31.7 Å². The van der Waals surface area contributed by atoms with Crippen LogP contribution in [0.15, 0.2) is 260 Å². The summed E-state index contributed by atoms with van der Waals surface area (Å²) in [5.41, 5.74) is 9.52. The number of methoxy groups -OCH3 is 2. The molecule has 13 aromatic carbocycles. The maximum Gasteiger partial charge on any atom is 0.488 e. The van der Waals surface area contributed by atoms with Crippen LogP contribution in [0.1, 0.15) is 0 Å². The van der Waals surface area contributed by atoms with Gasteiger partial charge >= 0.3 is 19.1 Å². The van der Waals surface area contributed by atoms with E-state index in [0.29, 0.717) is 39.9 Å². The lowest BCUT2D eigenvalue weighted by Gasteiger charge is -2.07. The van der Waals surface area contributed by atoms with Gasteiger partial charge in [-0.25, -0.2) is 4.98 Å². The van der Waals surface area contributed by atoms with Gasteiger partial charge in [0.05, 0.1) is 19.8 Å². The highest BCUT2D eigenvalue weighted by Crippen LogP contribution is 2.40. The van der Waals surface area contributed by atoms with E-state index in [-0.39, 0.29) is 49.5 Å². The molecule has 0 spiro atoms. The van der Waals surface area contributed by atoms with Crippen LogP contribution in [0.3, 0.4) is 0 Å². The summed E-state index contributed by atoms with van der Waals surface area (Å²) in [7, 11) is 1.51. The molecular formula is C84H49BCl6N12O9. The Morgan fingerprint density at radius 3 is 0.902 bits per heavy atom. The lowest BCUT2D eigenvalue weighted by Crippen LogP contribution is -2.29. The number of ether oxygens (including phenoxy) is 2. The maximum absolute atomic E-state index is 10.2. The Bertz CT molecular complexity index is 7210. The summed E-state index contributed by atoms with van der Waals surface area (Å²) in [5, 5.41) is 46.5. The topological polar surface area (TPSA) is 286 Å². The summed E-state index contributed by atoms with van der Waals surface area (Å²) in [4.78, 5) is 48.1. The number of para-hydroxylation sites is 1. The molecule has 21 aromatic rings. The third-order valence-electron chi connectivity index (χ3n) is 18.3. The van der Waals surface area contributed by atoms with E-state index >= 15 is 0 Å². The first kappa shape index (κ1) is 72.1. The second kappa shape index (κ2) is 30.6. The molecule has 0 amide bonds. The Labute approximate surface area is 662 Å². The minimum absolute atomic E-state index is 0.000000000000000444. The first-order chi connectivity index (χ1) is 54.5. The van der Waals surface area contributed by atoms with Gasteiger partial charge in [0.2, 0.25) is 31.7 Å². The molecule has 21 rings (SSSR count). The molecule has 0 saturated heterocycles. The summed E-state index contributed by atoms with van der Waals surface area (Å²) in [6.45, 7) is 0. The zero-order chi connectivity index (χ0) is 76.8. The summed E-state index contributed by atoms with van der Waals surface area (Å²) in [6.07, 6.45) is 0. The van der Waals surface area contributed by atoms with Crippen molar-refractivity contribution >= 4 is 213 Å². The lowest BCUT2D eigenvalue weighted by atomic mass is 9.80. The van der Waals surface area contributed by atoms with Crippen LogP contribution in [0.25, 0.3) is 176 Å². The monoisotopic (exact) mass is 1590 g/mol. The zero-order valence-corrected chi connectivity index (χ0v) is 62.6. The van der Waals surface area contributed by atoms with E-state index in [1.54, 1.807) is 30.3 Å². The van der Waals surface area contributed by atoms with E-state index in [0.717, 1.165) is 126 Å². The average Bonchev–Trinajstić information content (AvgIpc) is 1.62. The van der Waals surface area contributed by atoms with Crippen molar-refractivity contribution in [3.63, 3.8) is 0 Å². The van der Waals surface area contributed by atoms with Crippen LogP contribution in [-0.2, 0) is 0 Å². The number of fused-ring (bicyclic) bond motifs is 16. The number of hydrogen-bond acceptors (Lipinski definition) is 21. The van der Waals surface area contributed by atoms with Gasteiger partial charge in [0.15, 0.2) is 23.3 Å². The number of benzene rings is 13. The van der Waals surface area contributed by atoms with Crippen molar-refractivity contribution in [2.45, 2.75) is 0 Å². The first-order valence-electron chi connectivity index (χ1n) is 34.1. The molecule has 0 aliphatic carbocycles. The SMILES string of the molecule is COc1nc(-c2ccc3c(c2)oc2cc4ccccc4cc23)nc(-c2ccccc2O)n1.COc1nc(Cl)nc(-c2ccc3c(c2)oc2cc4ccccc4cc23)n1.Clc1nc(Cl)nc(-c2ccc3c(c2)oc2cc4ccccc4cc23)n1.Clc1nc(Cl)nc(Cl)n1.OB(O)c1ccc2c(c1)oc1cc3ccccc3cc12. The van der Waals surface area contributed by atoms with Crippen LogP contribution in [0.5, 0.6) is 17.8 Å². The molecule has 0 aliphatic rings. The minimum atomic E-state index is -1.48. The van der Waals surface area contributed by atoms with E-state index in [2.05, 4.69) is 145 Å². The van der Waals surface area contributed by atoms with Gasteiger partial charge in [-0.15, -0.1) is 0 Å². The van der Waals surface area contributed by atoms with Gasteiger partial charge in [0.25, 0.3) is 0 Å². The number of aromatic hydroxyl groups is 1. The largest absolute Gasteiger partial charge is 0.507 e. The highest BCUT2D eigenvalue weighted by molar-refractivity contribution is 6.59. The Morgan fingerprint density at radius 1 is 0.268 bits per heavy atom. The molecule has 0 atom stereocenters. The zero-order valence-electron chi connectivity index (χ0n) is 58.1. The Hall–Kier alpha value is -12.7. The molecule has 0 radical (unpaired) electrons. The minimum Gasteiger partial charge on any atom is -0.507 e. The Balaban J connectivity index is 0.000000105. The van der Waals surface area contributed by atoms with Gasteiger partial charge in [0, 0.05) is 59.8 Å². The molecule has 0 aliphatic heterocycles. The fourth-order valence-electron chi connectivity index (χ4n) is 13.1. The second-order valence-electron chi connectivity index (χ2n) is 25.2. The highest BCUT2D eigenvalue weighted by Gasteiger charge is 2.20. The molecule has 0 saturated carbocycles. The molecular weight excluding hydrogens is 1540 g/mol. The Morgan fingerprint density at radius 2 is 0.545 bits per heavy atom. The van der Waals surface area contributed by atoms with Crippen molar-refractivity contribution in [3.05, 3.63) is 274 Å². The van der Waals surface area contributed by atoms with Crippen LogP contribution in [0, 0.1) is 0 Å². The van der Waals surface area contributed by atoms with Gasteiger partial charge < -0.3 is 42.3 Å². The number of phenols is 1. The third kappa shape index (κ3) is 14.9. The van der Waals surface area contributed by atoms with Crippen molar-refractivity contribution in [3.8, 4) is 63.3 Å². The average molecular weight is 1590 g/mol. The van der Waals surface area contributed by atoms with Gasteiger partial charge in [-0.1, -0.05) is 140 Å². The molecule has 8 heterocycles. The van der Waals surface area contributed by atoms with E-state index in [9.17, 15) is 15.2 Å². The fraction of sp³-hybridized carbons (Fsp3) is 0.0238. The molecule has 0 unspecified atom stereocenters. The summed E-state index contributed by atoms with van der Waals surface area (Å²) < 4.78 is 34.5. The van der Waals surface area contributed by atoms with Crippen molar-refractivity contribution < 1.29 is 42.3 Å². The predicted octanol–water partition coefficient (Wildman–Crippen LogP) is 21.4. The number of aromatic nitrogens is 12. The number of phenolic OH excluding ortho intramolecular Hbond substituents is 1. The van der Waals surface area contributed by atoms with Crippen molar-refractivity contribution in [2.75, 3.05) is 14.2 Å². The predicted molar refractivity (Wildman–Crippen MR) is 441 cm³/mol. The second-order valence-corrected chi connectivity index (χ2v) is 27.2. The molecule has 544 valence electrons. The van der Waals surface area contributed by atoms with Crippen LogP contribution >= 0.6 is 69.6 Å². The van der Waals surface area contributed by atoms with Crippen molar-refractivity contribution in [1.29, 1.82) is 0 Å². The fourth-order valence-corrected chi connectivity index (χ4v) is 14.2. The number of hydrogen-bond donors (Lipinski definition) is 3. The van der Waals surface area contributed by atoms with Crippen molar-refractivity contribution in [2.24, 2.45) is 0 Å². The van der Waals surface area contributed by atoms with Crippen molar-refractivity contribution in [1.82, 2.24) is 59.8 Å². The van der Waals surface area contributed by atoms with Crippen LogP contribution in [-0.4, -0.2) is 96.3 Å².